The smallest absolute Gasteiger partial charge is 0.399 e. The van der Waals surface area contributed by atoms with Gasteiger partial charge in [-0.15, -0.1) is 0 Å². The third-order valence-electron chi connectivity index (χ3n) is 20.5. The van der Waals surface area contributed by atoms with Gasteiger partial charge in [0.1, 0.15) is 5.82 Å². The number of imidazole rings is 1. The van der Waals surface area contributed by atoms with E-state index < -0.39 is 7.12 Å². The van der Waals surface area contributed by atoms with Crippen LogP contribution in [0.5, 0.6) is 0 Å². The predicted octanol–water partition coefficient (Wildman–Crippen LogP) is 21.8. The van der Waals surface area contributed by atoms with E-state index in [1.807, 2.05) is 6.07 Å². The third-order valence-corrected chi connectivity index (χ3v) is 20.5. The molecule has 18 aromatic rings. The summed E-state index contributed by atoms with van der Waals surface area (Å²) in [4.78, 5) is 15.4. The zero-order chi connectivity index (χ0) is 65.8. The van der Waals surface area contributed by atoms with Gasteiger partial charge < -0.3 is 18.4 Å². The number of pyridine rings is 2. The van der Waals surface area contributed by atoms with Crippen LogP contribution in [0, 0.1) is 0 Å². The second kappa shape index (κ2) is 23.3. The zero-order valence-corrected chi connectivity index (χ0v) is 55.2. The van der Waals surface area contributed by atoms with Crippen molar-refractivity contribution in [2.24, 2.45) is 0 Å². The summed E-state index contributed by atoms with van der Waals surface area (Å²) < 4.78 is 19.7. The lowest BCUT2D eigenvalue weighted by atomic mass is 9.78. The van der Waals surface area contributed by atoms with Crippen LogP contribution in [0.1, 0.15) is 40.4 Å². The minimum Gasteiger partial charge on any atom is -0.399 e. The number of fused-ring (bicyclic) bond motifs is 13. The molecular weight excluding hydrogens is 1200 g/mol. The summed E-state index contributed by atoms with van der Waals surface area (Å²) in [6.45, 7) is 10.5. The lowest BCUT2D eigenvalue weighted by molar-refractivity contribution is 0.00578. The van der Waals surface area contributed by atoms with Crippen molar-refractivity contribution in [1.29, 1.82) is 0 Å². The Bertz CT molecular complexity index is 6080. The van der Waals surface area contributed by atoms with Crippen LogP contribution in [-0.2, 0) is 15.7 Å². The fraction of sp³-hybridized carbons (Fsp3) is 0.0899. The Hall–Kier alpha value is -11.7. The topological polar surface area (TPSA) is 71.9 Å². The number of para-hydroxylation sites is 8. The Kier molecular flexibility index (Phi) is 14.0. The summed E-state index contributed by atoms with van der Waals surface area (Å²) in [5.74, 6) is 1.06. The van der Waals surface area contributed by atoms with Gasteiger partial charge in [-0.05, 0) is 140 Å². The summed E-state index contributed by atoms with van der Waals surface area (Å²) in [6, 6.07) is 108. The maximum absolute atomic E-state index is 6.33. The normalized spacial score (nSPS) is 13.7. The molecule has 0 amide bonds. The van der Waals surface area contributed by atoms with Crippen LogP contribution < -0.4 is 5.46 Å². The minimum absolute atomic E-state index is 0.387. The Balaban J connectivity index is 0.000000142. The van der Waals surface area contributed by atoms with Crippen LogP contribution in [-0.4, -0.2) is 47.0 Å². The Morgan fingerprint density at radius 2 is 0.673 bits per heavy atom. The van der Waals surface area contributed by atoms with Gasteiger partial charge in [0.05, 0.1) is 66.7 Å². The second-order valence-corrected chi connectivity index (χ2v) is 26.7. The summed E-state index contributed by atoms with van der Waals surface area (Å²) >= 11 is 0. The third kappa shape index (κ3) is 9.63. The first kappa shape index (κ1) is 58.8. The highest BCUT2D eigenvalue weighted by atomic mass is 16.7. The molecule has 0 spiro atoms. The molecule has 468 valence electrons. The lowest BCUT2D eigenvalue weighted by Crippen LogP contribution is -2.41. The van der Waals surface area contributed by atoms with Crippen LogP contribution in [0.4, 0.5) is 0 Å². The van der Waals surface area contributed by atoms with Gasteiger partial charge in [0.2, 0.25) is 0 Å². The zero-order valence-electron chi connectivity index (χ0n) is 55.2. The molecule has 13 aromatic carbocycles. The van der Waals surface area contributed by atoms with Crippen molar-refractivity contribution in [2.75, 3.05) is 0 Å². The summed E-state index contributed by atoms with van der Waals surface area (Å²) in [7, 11) is -0.404. The van der Waals surface area contributed by atoms with Gasteiger partial charge in [0, 0.05) is 88.5 Å². The molecule has 0 saturated carbocycles. The Morgan fingerprint density at radius 1 is 0.306 bits per heavy atom. The van der Waals surface area contributed by atoms with E-state index in [0.717, 1.165) is 101 Å². The van der Waals surface area contributed by atoms with Crippen LogP contribution in [0.3, 0.4) is 0 Å². The first-order valence-electron chi connectivity index (χ1n) is 33.9. The van der Waals surface area contributed by atoms with E-state index >= 15 is 0 Å². The van der Waals surface area contributed by atoms with E-state index in [1.54, 1.807) is 0 Å². The van der Waals surface area contributed by atoms with Gasteiger partial charge in [0.25, 0.3) is 0 Å². The molecule has 6 heterocycles. The Labute approximate surface area is 568 Å². The maximum Gasteiger partial charge on any atom is 0.494 e. The maximum atomic E-state index is 6.33. The fourth-order valence-electron chi connectivity index (χ4n) is 15.1. The molecule has 98 heavy (non-hydrogen) atoms. The summed E-state index contributed by atoms with van der Waals surface area (Å²) in [5.41, 5.74) is 21.3. The highest BCUT2D eigenvalue weighted by molar-refractivity contribution is 6.62. The number of hydrogen-bond acceptors (Lipinski definition) is 5. The van der Waals surface area contributed by atoms with E-state index in [1.165, 1.54) is 76.6 Å². The van der Waals surface area contributed by atoms with Gasteiger partial charge in [-0.25, -0.2) is 15.0 Å². The van der Waals surface area contributed by atoms with Crippen molar-refractivity contribution in [1.82, 2.24) is 28.7 Å². The molecule has 0 aliphatic carbocycles. The molecule has 1 aliphatic rings. The molecule has 0 radical (unpaired) electrons. The van der Waals surface area contributed by atoms with E-state index in [0.29, 0.717) is 0 Å². The van der Waals surface area contributed by atoms with Crippen molar-refractivity contribution in [3.63, 3.8) is 0 Å². The molecule has 1 aliphatic heterocycles. The van der Waals surface area contributed by atoms with Crippen molar-refractivity contribution in [2.45, 2.75) is 52.2 Å². The molecule has 1 fully saturated rings. The Morgan fingerprint density at radius 3 is 1.11 bits per heavy atom. The van der Waals surface area contributed by atoms with Crippen molar-refractivity contribution in [3.05, 3.63) is 309 Å². The quantitative estimate of drug-likeness (QED) is 0.106. The van der Waals surface area contributed by atoms with E-state index in [4.69, 9.17) is 24.3 Å². The average Bonchev–Trinajstić information content (AvgIpc) is 1.17. The standard InChI is InChI=1S/C46H32N4.C43H35BN2O2/c1-2-44-47-40-21-7-10-24-43(40)50(44)32-27-25-30(26-28-32)46-38-19-12-18-34(45(38)37-17-3-6-20-39(37)48-46)31-13-11-14-33(29-31)49-41-22-8-4-15-35(41)36-16-5-9-23-42(36)49;1-42(2)43(3,4)48-44(47-42)30-25-23-28(24-26-30)41-36-19-12-18-32(40(36)35-17-5-8-20-37(35)45-41)29-13-11-14-31(27-29)46-38-21-9-6-15-33(38)34-16-7-10-22-39(34)46/h3-29H,2H2,1H3;5-27H,1-4H3. The molecule has 8 nitrogen and oxygen atoms in total. The molecule has 0 N–H and O–H groups in total. The van der Waals surface area contributed by atoms with Crippen molar-refractivity contribution >= 4 is 111 Å². The number of nitrogens with zero attached hydrogens (tertiary/aromatic N) is 6. The van der Waals surface area contributed by atoms with E-state index in [-0.39, 0.29) is 11.2 Å². The highest BCUT2D eigenvalue weighted by Crippen LogP contribution is 2.44. The van der Waals surface area contributed by atoms with Gasteiger partial charge in [-0.1, -0.05) is 225 Å². The fourth-order valence-corrected chi connectivity index (χ4v) is 15.1. The molecule has 0 bridgehead atoms. The molecule has 1 saturated heterocycles. The van der Waals surface area contributed by atoms with Gasteiger partial charge in [-0.3, -0.25) is 4.57 Å². The number of aromatic nitrogens is 6. The number of rotatable bonds is 9. The van der Waals surface area contributed by atoms with Crippen LogP contribution in [0.2, 0.25) is 0 Å². The first-order valence-corrected chi connectivity index (χ1v) is 33.9. The van der Waals surface area contributed by atoms with Gasteiger partial charge in [0.15, 0.2) is 0 Å². The van der Waals surface area contributed by atoms with Crippen LogP contribution in [0.25, 0.3) is 160 Å². The highest BCUT2D eigenvalue weighted by Gasteiger charge is 2.51. The summed E-state index contributed by atoms with van der Waals surface area (Å²) in [5, 5.41) is 12.0. The molecular formula is C89H67BN6O2. The number of hydrogen-bond donors (Lipinski definition) is 0. The van der Waals surface area contributed by atoms with Gasteiger partial charge >= 0.3 is 7.12 Å². The number of aryl methyl sites for hydroxylation is 1. The lowest BCUT2D eigenvalue weighted by Gasteiger charge is -2.32. The van der Waals surface area contributed by atoms with Gasteiger partial charge in [-0.2, -0.15) is 0 Å². The van der Waals surface area contributed by atoms with E-state index in [2.05, 4.69) is 346 Å². The minimum atomic E-state index is -0.404. The van der Waals surface area contributed by atoms with Crippen molar-refractivity contribution < 1.29 is 9.31 Å². The summed E-state index contributed by atoms with van der Waals surface area (Å²) in [6.07, 6.45) is 0.855. The predicted molar refractivity (Wildman–Crippen MR) is 409 cm³/mol. The molecule has 0 unspecified atom stereocenters. The number of benzene rings is 13. The second-order valence-electron chi connectivity index (χ2n) is 26.7. The van der Waals surface area contributed by atoms with E-state index in [9.17, 15) is 0 Å². The van der Waals surface area contributed by atoms with Crippen LogP contribution >= 0.6 is 0 Å². The molecule has 9 heteroatoms. The largest absolute Gasteiger partial charge is 0.494 e. The molecule has 0 atom stereocenters. The SMILES string of the molecule is CC1(C)OB(c2ccc(-c3nc4ccccc4c4c(-c5cccc(-n6c7ccccc7c7ccccc76)c5)cccc34)cc2)OC1(C)C.CCc1nc2ccccc2n1-c1ccc(-c2nc3ccccc3c3c(-c4cccc(-n5c6ccccc6c6ccccc65)c4)cccc23)cc1. The first-order chi connectivity index (χ1) is 48.1. The van der Waals surface area contributed by atoms with Crippen molar-refractivity contribution in [3.8, 4) is 61.8 Å². The molecule has 5 aromatic heterocycles. The molecule has 19 rings (SSSR count). The monoisotopic (exact) mass is 1260 g/mol. The van der Waals surface area contributed by atoms with Crippen LogP contribution in [0.15, 0.2) is 303 Å². The average molecular weight is 1260 g/mol.